The summed E-state index contributed by atoms with van der Waals surface area (Å²) < 4.78 is 5.37. The Morgan fingerprint density at radius 1 is 1.07 bits per heavy atom. The van der Waals surface area contributed by atoms with Gasteiger partial charge in [-0.25, -0.2) is 9.97 Å². The third-order valence-electron chi connectivity index (χ3n) is 4.27. The van der Waals surface area contributed by atoms with Gasteiger partial charge in [-0.05, 0) is 18.1 Å². The van der Waals surface area contributed by atoms with Crippen LogP contribution in [0.4, 0.5) is 0 Å². The number of hydrogen-bond donors (Lipinski definition) is 0. The fourth-order valence-electron chi connectivity index (χ4n) is 2.81. The average molecular weight is 407 g/mol. The van der Waals surface area contributed by atoms with E-state index in [1.54, 1.807) is 17.7 Å². The number of nitrogens with zero attached hydrogens (tertiary/aromatic N) is 2. The van der Waals surface area contributed by atoms with Gasteiger partial charge >= 0.3 is 5.97 Å². The minimum Gasteiger partial charge on any atom is -0.460 e. The molecule has 0 N–H and O–H groups in total. The monoisotopic (exact) mass is 406 g/mol. The van der Waals surface area contributed by atoms with Gasteiger partial charge in [0, 0.05) is 10.9 Å². The van der Waals surface area contributed by atoms with E-state index in [-0.39, 0.29) is 18.3 Å². The van der Waals surface area contributed by atoms with Gasteiger partial charge < -0.3 is 4.74 Å². The third-order valence-corrected chi connectivity index (χ3v) is 6.12. The van der Waals surface area contributed by atoms with E-state index >= 15 is 0 Å². The van der Waals surface area contributed by atoms with Gasteiger partial charge in [-0.3, -0.25) is 4.79 Å². The summed E-state index contributed by atoms with van der Waals surface area (Å²) in [5.74, 6) is -0.0463. The normalized spacial score (nSPS) is 10.9. The number of aryl methyl sites for hydroxylation is 1. The third kappa shape index (κ3) is 4.24. The summed E-state index contributed by atoms with van der Waals surface area (Å²) in [5.41, 5.74) is 4.42. The van der Waals surface area contributed by atoms with Crippen molar-refractivity contribution in [1.82, 2.24) is 9.97 Å². The lowest BCUT2D eigenvalue weighted by atomic mass is 10.1. The number of benzene rings is 2. The SMILES string of the molecule is Cc1ccc(-c2csc3ncnc(SCC(=O)OCc4ccccc4)c23)cc1. The molecule has 0 amide bonds. The molecule has 4 nitrogen and oxygen atoms in total. The largest absolute Gasteiger partial charge is 0.460 e. The van der Waals surface area contributed by atoms with E-state index < -0.39 is 0 Å². The van der Waals surface area contributed by atoms with Crippen LogP contribution in [0.2, 0.25) is 0 Å². The molecule has 140 valence electrons. The molecule has 0 aliphatic rings. The highest BCUT2D eigenvalue weighted by Gasteiger charge is 2.15. The molecule has 0 fully saturated rings. The number of thiophene rings is 1. The van der Waals surface area contributed by atoms with Gasteiger partial charge in [-0.1, -0.05) is 71.9 Å². The molecule has 0 saturated carbocycles. The maximum absolute atomic E-state index is 12.2. The molecule has 2 heterocycles. The summed E-state index contributed by atoms with van der Waals surface area (Å²) >= 11 is 2.98. The molecule has 0 radical (unpaired) electrons. The second-order valence-corrected chi connectivity index (χ2v) is 8.13. The van der Waals surface area contributed by atoms with Crippen molar-refractivity contribution in [3.05, 3.63) is 77.4 Å². The lowest BCUT2D eigenvalue weighted by Gasteiger charge is -2.07. The number of carbonyl (C=O) groups is 1. The highest BCUT2D eigenvalue weighted by atomic mass is 32.2. The molecule has 0 aliphatic heterocycles. The number of ether oxygens (including phenoxy) is 1. The maximum atomic E-state index is 12.2. The van der Waals surface area contributed by atoms with E-state index in [0.29, 0.717) is 0 Å². The molecule has 0 spiro atoms. The van der Waals surface area contributed by atoms with E-state index in [4.69, 9.17) is 4.74 Å². The Morgan fingerprint density at radius 3 is 2.64 bits per heavy atom. The van der Waals surface area contributed by atoms with Crippen molar-refractivity contribution >= 4 is 39.3 Å². The number of esters is 1. The van der Waals surface area contributed by atoms with Crippen molar-refractivity contribution in [3.63, 3.8) is 0 Å². The molecule has 0 unspecified atom stereocenters. The zero-order valence-electron chi connectivity index (χ0n) is 15.3. The van der Waals surface area contributed by atoms with Crippen LogP contribution in [-0.4, -0.2) is 21.7 Å². The van der Waals surface area contributed by atoms with Crippen LogP contribution in [0.25, 0.3) is 21.3 Å². The smallest absolute Gasteiger partial charge is 0.316 e. The molecule has 0 atom stereocenters. The lowest BCUT2D eigenvalue weighted by molar-refractivity contribution is -0.141. The Morgan fingerprint density at radius 2 is 1.86 bits per heavy atom. The van der Waals surface area contributed by atoms with Gasteiger partial charge in [0.05, 0.1) is 11.1 Å². The number of carbonyl (C=O) groups excluding carboxylic acids is 1. The molecule has 0 bridgehead atoms. The van der Waals surface area contributed by atoms with Gasteiger partial charge in [0.25, 0.3) is 0 Å². The maximum Gasteiger partial charge on any atom is 0.316 e. The van der Waals surface area contributed by atoms with Crippen molar-refractivity contribution in [1.29, 1.82) is 0 Å². The summed E-state index contributed by atoms with van der Waals surface area (Å²) in [6, 6.07) is 18.1. The molecule has 4 aromatic rings. The summed E-state index contributed by atoms with van der Waals surface area (Å²) in [6.45, 7) is 2.35. The van der Waals surface area contributed by atoms with Crippen LogP contribution in [0, 0.1) is 6.92 Å². The number of thioether (sulfide) groups is 1. The second-order valence-electron chi connectivity index (χ2n) is 6.31. The van der Waals surface area contributed by atoms with E-state index in [1.165, 1.54) is 17.3 Å². The molecular weight excluding hydrogens is 388 g/mol. The molecule has 0 aliphatic carbocycles. The van der Waals surface area contributed by atoms with Crippen molar-refractivity contribution in [3.8, 4) is 11.1 Å². The molecule has 0 saturated heterocycles. The van der Waals surface area contributed by atoms with Crippen LogP contribution in [0.1, 0.15) is 11.1 Å². The van der Waals surface area contributed by atoms with Gasteiger partial charge in [0.2, 0.25) is 0 Å². The molecule has 4 rings (SSSR count). The van der Waals surface area contributed by atoms with Gasteiger partial charge in [0.1, 0.15) is 22.8 Å². The minimum absolute atomic E-state index is 0.210. The van der Waals surface area contributed by atoms with E-state index in [1.807, 2.05) is 30.3 Å². The average Bonchev–Trinajstić information content (AvgIpc) is 3.17. The minimum atomic E-state index is -0.257. The zero-order chi connectivity index (χ0) is 19.3. The van der Waals surface area contributed by atoms with Crippen LogP contribution < -0.4 is 0 Å². The predicted molar refractivity (Wildman–Crippen MR) is 115 cm³/mol. The standard InChI is InChI=1S/C22H18N2O2S2/c1-15-7-9-17(10-8-15)18-12-27-21-20(18)22(24-14-23-21)28-13-19(25)26-11-16-5-3-2-4-6-16/h2-10,12,14H,11,13H2,1H3. The van der Waals surface area contributed by atoms with Crippen molar-refractivity contribution in [2.24, 2.45) is 0 Å². The fraction of sp³-hybridized carbons (Fsp3) is 0.136. The van der Waals surface area contributed by atoms with E-state index in [0.717, 1.165) is 31.9 Å². The molecule has 2 aromatic heterocycles. The summed E-state index contributed by atoms with van der Waals surface area (Å²) in [5, 5.41) is 3.90. The first-order valence-corrected chi connectivity index (χ1v) is 10.7. The highest BCUT2D eigenvalue weighted by molar-refractivity contribution is 8.00. The Labute approximate surface area is 171 Å². The Hall–Kier alpha value is -2.70. The quantitative estimate of drug-likeness (QED) is 0.240. The molecule has 28 heavy (non-hydrogen) atoms. The van der Waals surface area contributed by atoms with Gasteiger partial charge in [0.15, 0.2) is 0 Å². The summed E-state index contributed by atoms with van der Waals surface area (Å²) in [4.78, 5) is 21.9. The predicted octanol–water partition coefficient (Wildman–Crippen LogP) is 5.50. The van der Waals surface area contributed by atoms with E-state index in [2.05, 4.69) is 46.5 Å². The van der Waals surface area contributed by atoms with Crippen molar-refractivity contribution in [2.75, 3.05) is 5.75 Å². The number of fused-ring (bicyclic) bond motifs is 1. The van der Waals surface area contributed by atoms with Crippen molar-refractivity contribution < 1.29 is 9.53 Å². The Balaban J connectivity index is 1.50. The van der Waals surface area contributed by atoms with Gasteiger partial charge in [-0.15, -0.1) is 11.3 Å². The first-order valence-electron chi connectivity index (χ1n) is 8.82. The number of rotatable bonds is 6. The first kappa shape index (κ1) is 18.7. The van der Waals surface area contributed by atoms with E-state index in [9.17, 15) is 4.79 Å². The molecule has 2 aromatic carbocycles. The lowest BCUT2D eigenvalue weighted by Crippen LogP contribution is -2.07. The van der Waals surface area contributed by atoms with Crippen LogP contribution in [0.5, 0.6) is 0 Å². The summed E-state index contributed by atoms with van der Waals surface area (Å²) in [7, 11) is 0. The number of aromatic nitrogens is 2. The van der Waals surface area contributed by atoms with Gasteiger partial charge in [-0.2, -0.15) is 0 Å². The second kappa shape index (κ2) is 8.54. The Bertz CT molecular complexity index is 1090. The molecular formula is C22H18N2O2S2. The number of hydrogen-bond acceptors (Lipinski definition) is 6. The molecule has 6 heteroatoms. The first-order chi connectivity index (χ1) is 13.7. The highest BCUT2D eigenvalue weighted by Crippen LogP contribution is 2.37. The zero-order valence-corrected chi connectivity index (χ0v) is 16.9. The summed E-state index contributed by atoms with van der Waals surface area (Å²) in [6.07, 6.45) is 1.55. The van der Waals surface area contributed by atoms with Crippen LogP contribution in [0.15, 0.2) is 71.3 Å². The fourth-order valence-corrected chi connectivity index (χ4v) is 4.60. The van der Waals surface area contributed by atoms with Crippen LogP contribution in [0.3, 0.4) is 0 Å². The van der Waals surface area contributed by atoms with Crippen LogP contribution in [-0.2, 0) is 16.1 Å². The topological polar surface area (TPSA) is 52.1 Å². The van der Waals surface area contributed by atoms with Crippen LogP contribution >= 0.6 is 23.1 Å². The van der Waals surface area contributed by atoms with Crippen molar-refractivity contribution in [2.45, 2.75) is 18.6 Å². The Kier molecular flexibility index (Phi) is 5.69.